The van der Waals surface area contributed by atoms with Gasteiger partial charge in [-0.25, -0.2) is 4.99 Å². The SMILES string of the molecule is COc1ccc(N=C2NC(=O)/C(=C3/C(=O)N(CC(=O)O)c4ccccc43)S2)c(OC)c1. The van der Waals surface area contributed by atoms with Crippen molar-refractivity contribution in [2.75, 3.05) is 25.7 Å². The van der Waals surface area contributed by atoms with Crippen molar-refractivity contribution in [1.82, 2.24) is 5.32 Å². The zero-order valence-corrected chi connectivity index (χ0v) is 17.4. The Bertz CT molecular complexity index is 1170. The number of anilines is 1. The molecule has 0 aromatic heterocycles. The molecule has 0 spiro atoms. The standard InChI is InChI=1S/C21H17N3O6S/c1-29-11-7-8-13(15(9-11)30-2)22-21-23-19(27)18(31-21)17-12-5-3-4-6-14(12)24(20(17)28)10-16(25)26/h3-9H,10H2,1-2H3,(H,25,26)(H,22,23,27)/b18-17-. The normalized spacial score (nSPS) is 18.9. The molecule has 2 N–H and O–H groups in total. The van der Waals surface area contributed by atoms with Crippen LogP contribution in [0.2, 0.25) is 0 Å². The third kappa shape index (κ3) is 3.73. The number of amides is 2. The smallest absolute Gasteiger partial charge is 0.323 e. The van der Waals surface area contributed by atoms with Crippen molar-refractivity contribution >= 4 is 51.7 Å². The molecule has 2 aromatic rings. The lowest BCUT2D eigenvalue weighted by atomic mass is 10.1. The predicted molar refractivity (Wildman–Crippen MR) is 116 cm³/mol. The number of hydrogen-bond acceptors (Lipinski definition) is 7. The summed E-state index contributed by atoms with van der Waals surface area (Å²) < 4.78 is 10.5. The summed E-state index contributed by atoms with van der Waals surface area (Å²) in [4.78, 5) is 42.7. The van der Waals surface area contributed by atoms with Crippen LogP contribution < -0.4 is 19.7 Å². The van der Waals surface area contributed by atoms with Gasteiger partial charge in [-0.3, -0.25) is 19.3 Å². The molecule has 0 radical (unpaired) electrons. The molecule has 0 saturated carbocycles. The van der Waals surface area contributed by atoms with Gasteiger partial charge in [0.1, 0.15) is 23.7 Å². The summed E-state index contributed by atoms with van der Waals surface area (Å²) in [5.74, 6) is -1.11. The van der Waals surface area contributed by atoms with Gasteiger partial charge in [0, 0.05) is 11.6 Å². The van der Waals surface area contributed by atoms with Gasteiger partial charge >= 0.3 is 5.97 Å². The molecule has 2 amide bonds. The second-order valence-corrected chi connectivity index (χ2v) is 7.52. The number of rotatable bonds is 5. The van der Waals surface area contributed by atoms with E-state index in [0.717, 1.165) is 16.7 Å². The molecule has 2 aliphatic rings. The number of nitrogens with one attached hydrogen (secondary N) is 1. The Labute approximate surface area is 181 Å². The predicted octanol–water partition coefficient (Wildman–Crippen LogP) is 2.40. The number of hydrogen-bond donors (Lipinski definition) is 2. The van der Waals surface area contributed by atoms with Crippen molar-refractivity contribution in [2.24, 2.45) is 4.99 Å². The summed E-state index contributed by atoms with van der Waals surface area (Å²) in [6.45, 7) is -0.497. The number of carbonyl (C=O) groups is 3. The van der Waals surface area contributed by atoms with Crippen LogP contribution in [0.4, 0.5) is 11.4 Å². The van der Waals surface area contributed by atoms with Gasteiger partial charge in [-0.05, 0) is 30.0 Å². The number of methoxy groups -OCH3 is 2. The monoisotopic (exact) mass is 439 g/mol. The highest BCUT2D eigenvalue weighted by Gasteiger charge is 2.40. The Kier molecular flexibility index (Phi) is 5.38. The molecule has 1 fully saturated rings. The second-order valence-electron chi connectivity index (χ2n) is 6.52. The zero-order chi connectivity index (χ0) is 22.1. The number of nitrogens with zero attached hydrogens (tertiary/aromatic N) is 2. The number of carboxylic acid groups (broad SMARTS) is 1. The summed E-state index contributed by atoms with van der Waals surface area (Å²) >= 11 is 1.02. The molecule has 2 aliphatic heterocycles. The maximum atomic E-state index is 13.0. The van der Waals surface area contributed by atoms with Crippen LogP contribution in [0.5, 0.6) is 11.5 Å². The summed E-state index contributed by atoms with van der Waals surface area (Å²) in [6.07, 6.45) is 0. The van der Waals surface area contributed by atoms with Crippen LogP contribution in [0, 0.1) is 0 Å². The number of fused-ring (bicyclic) bond motifs is 1. The van der Waals surface area contributed by atoms with E-state index in [2.05, 4.69) is 10.3 Å². The Hall–Kier alpha value is -3.79. The molecule has 0 atom stereocenters. The van der Waals surface area contributed by atoms with Crippen LogP contribution in [0.1, 0.15) is 5.56 Å². The van der Waals surface area contributed by atoms with Crippen LogP contribution in [0.15, 0.2) is 52.4 Å². The summed E-state index contributed by atoms with van der Waals surface area (Å²) in [7, 11) is 3.04. The van der Waals surface area contributed by atoms with E-state index in [4.69, 9.17) is 9.47 Å². The molecule has 4 rings (SSSR count). The van der Waals surface area contributed by atoms with E-state index >= 15 is 0 Å². The number of benzene rings is 2. The first-order chi connectivity index (χ1) is 14.9. The minimum Gasteiger partial charge on any atom is -0.497 e. The molecule has 2 heterocycles. The molecule has 2 aromatic carbocycles. The van der Waals surface area contributed by atoms with Crippen LogP contribution in [-0.4, -0.2) is 48.8 Å². The summed E-state index contributed by atoms with van der Waals surface area (Å²) in [6, 6.07) is 11.8. The van der Waals surface area contributed by atoms with E-state index in [1.54, 1.807) is 42.5 Å². The Balaban J connectivity index is 1.74. The first kappa shape index (κ1) is 20.5. The molecule has 1 saturated heterocycles. The van der Waals surface area contributed by atoms with Crippen LogP contribution >= 0.6 is 11.8 Å². The number of aliphatic imine (C=N–C) groups is 1. The highest BCUT2D eigenvalue weighted by molar-refractivity contribution is 8.18. The number of thioether (sulfide) groups is 1. The van der Waals surface area contributed by atoms with Gasteiger partial charge in [0.15, 0.2) is 5.17 Å². The number of amidine groups is 1. The van der Waals surface area contributed by atoms with Crippen LogP contribution in [-0.2, 0) is 14.4 Å². The van der Waals surface area contributed by atoms with E-state index in [1.807, 2.05) is 0 Å². The zero-order valence-electron chi connectivity index (χ0n) is 16.5. The topological polar surface area (TPSA) is 118 Å². The molecular formula is C21H17N3O6S. The molecule has 158 valence electrons. The first-order valence-electron chi connectivity index (χ1n) is 9.10. The minimum absolute atomic E-state index is 0.159. The van der Waals surface area contributed by atoms with Gasteiger partial charge in [-0.15, -0.1) is 0 Å². The summed E-state index contributed by atoms with van der Waals surface area (Å²) in [5, 5.41) is 12.1. The van der Waals surface area contributed by atoms with Gasteiger partial charge in [-0.2, -0.15) is 0 Å². The van der Waals surface area contributed by atoms with E-state index in [9.17, 15) is 19.5 Å². The Morgan fingerprint density at radius 1 is 1.16 bits per heavy atom. The summed E-state index contributed by atoms with van der Waals surface area (Å²) in [5.41, 5.74) is 1.59. The lowest BCUT2D eigenvalue weighted by Gasteiger charge is -2.13. The average molecular weight is 439 g/mol. The lowest BCUT2D eigenvalue weighted by molar-refractivity contribution is -0.136. The number of para-hydroxylation sites is 1. The minimum atomic E-state index is -1.15. The van der Waals surface area contributed by atoms with E-state index in [-0.39, 0.29) is 15.6 Å². The largest absolute Gasteiger partial charge is 0.497 e. The second kappa shape index (κ2) is 8.15. The molecule has 10 heteroatoms. The fraction of sp³-hybridized carbons (Fsp3) is 0.143. The highest BCUT2D eigenvalue weighted by Crippen LogP contribution is 2.43. The van der Waals surface area contributed by atoms with Crippen molar-refractivity contribution in [3.05, 3.63) is 52.9 Å². The highest BCUT2D eigenvalue weighted by atomic mass is 32.2. The maximum absolute atomic E-state index is 13.0. The quantitative estimate of drug-likeness (QED) is 0.687. The van der Waals surface area contributed by atoms with Crippen LogP contribution in [0.25, 0.3) is 5.57 Å². The fourth-order valence-corrected chi connectivity index (χ4v) is 4.24. The van der Waals surface area contributed by atoms with Gasteiger partial charge in [-0.1, -0.05) is 18.2 Å². The van der Waals surface area contributed by atoms with Gasteiger partial charge in [0.25, 0.3) is 11.8 Å². The van der Waals surface area contributed by atoms with E-state index in [0.29, 0.717) is 28.4 Å². The van der Waals surface area contributed by atoms with Crippen molar-refractivity contribution in [1.29, 1.82) is 0 Å². The van der Waals surface area contributed by atoms with E-state index < -0.39 is 24.3 Å². The molecular weight excluding hydrogens is 422 g/mol. The molecule has 0 bridgehead atoms. The number of aliphatic carboxylic acids is 1. The average Bonchev–Trinajstić information content (AvgIpc) is 3.24. The Morgan fingerprint density at radius 2 is 1.94 bits per heavy atom. The number of carboxylic acids is 1. The maximum Gasteiger partial charge on any atom is 0.323 e. The Morgan fingerprint density at radius 3 is 2.65 bits per heavy atom. The van der Waals surface area contributed by atoms with Crippen LogP contribution in [0.3, 0.4) is 0 Å². The molecule has 31 heavy (non-hydrogen) atoms. The van der Waals surface area contributed by atoms with Crippen molar-refractivity contribution in [2.45, 2.75) is 0 Å². The molecule has 0 aliphatic carbocycles. The molecule has 0 unspecified atom stereocenters. The fourth-order valence-electron chi connectivity index (χ4n) is 3.32. The van der Waals surface area contributed by atoms with Gasteiger partial charge in [0.05, 0.1) is 30.4 Å². The first-order valence-corrected chi connectivity index (χ1v) is 9.92. The number of carbonyl (C=O) groups excluding carboxylic acids is 2. The van der Waals surface area contributed by atoms with Crippen molar-refractivity contribution in [3.63, 3.8) is 0 Å². The van der Waals surface area contributed by atoms with Crippen molar-refractivity contribution < 1.29 is 29.0 Å². The van der Waals surface area contributed by atoms with E-state index in [1.165, 1.54) is 14.2 Å². The lowest BCUT2D eigenvalue weighted by Crippen LogP contribution is -2.32. The van der Waals surface area contributed by atoms with Gasteiger partial charge < -0.3 is 19.9 Å². The molecule has 9 nitrogen and oxygen atoms in total. The number of ether oxygens (including phenoxy) is 2. The van der Waals surface area contributed by atoms with Crippen molar-refractivity contribution in [3.8, 4) is 11.5 Å². The third-order valence-corrected chi connectivity index (χ3v) is 5.66. The van der Waals surface area contributed by atoms with Gasteiger partial charge in [0.2, 0.25) is 0 Å². The third-order valence-electron chi connectivity index (χ3n) is 4.68.